The topological polar surface area (TPSA) is 43.3 Å². The van der Waals surface area contributed by atoms with Gasteiger partial charge in [0, 0.05) is 12.7 Å². The van der Waals surface area contributed by atoms with Crippen molar-refractivity contribution >= 4 is 5.52 Å². The Kier molecular flexibility index (Phi) is 2.15. The van der Waals surface area contributed by atoms with E-state index in [1.807, 2.05) is 0 Å². The van der Waals surface area contributed by atoms with Crippen LogP contribution in [0.15, 0.2) is 24.5 Å². The number of rotatable bonds is 1. The summed E-state index contributed by atoms with van der Waals surface area (Å²) >= 11 is 0. The van der Waals surface area contributed by atoms with Crippen molar-refractivity contribution in [1.82, 2.24) is 9.38 Å². The smallest absolute Gasteiger partial charge is 0.326 e. The molecule has 0 saturated heterocycles. The van der Waals surface area contributed by atoms with E-state index in [0.29, 0.717) is 12.1 Å². The Morgan fingerprint density at radius 1 is 1.40 bits per heavy atom. The van der Waals surface area contributed by atoms with Crippen molar-refractivity contribution in [2.24, 2.45) is 5.73 Å². The van der Waals surface area contributed by atoms with E-state index < -0.39 is 12.0 Å². The van der Waals surface area contributed by atoms with Crippen LogP contribution in [-0.4, -0.2) is 9.38 Å². The summed E-state index contributed by atoms with van der Waals surface area (Å²) in [6.45, 7) is 0.295. The van der Waals surface area contributed by atoms with Gasteiger partial charge >= 0.3 is 6.18 Å². The number of nitrogens with two attached hydrogens (primary N) is 1. The molecule has 0 saturated carbocycles. The molecule has 0 bridgehead atoms. The van der Waals surface area contributed by atoms with Crippen LogP contribution in [0.5, 0.6) is 0 Å². The molecule has 2 rings (SSSR count). The van der Waals surface area contributed by atoms with Crippen LogP contribution in [0.25, 0.3) is 5.52 Å². The zero-order valence-electron chi connectivity index (χ0n) is 7.62. The van der Waals surface area contributed by atoms with Crippen LogP contribution in [-0.2, 0) is 12.7 Å². The van der Waals surface area contributed by atoms with Crippen molar-refractivity contribution in [2.45, 2.75) is 12.7 Å². The lowest BCUT2D eigenvalue weighted by atomic mass is 10.2. The summed E-state index contributed by atoms with van der Waals surface area (Å²) in [6.07, 6.45) is -1.92. The van der Waals surface area contributed by atoms with Crippen LogP contribution in [0.3, 0.4) is 0 Å². The number of halogens is 3. The number of hydrogen-bond donors (Lipinski definition) is 1. The zero-order chi connectivity index (χ0) is 11.1. The second-order valence-electron chi connectivity index (χ2n) is 3.11. The van der Waals surface area contributed by atoms with Gasteiger partial charge in [-0.3, -0.25) is 4.40 Å². The van der Waals surface area contributed by atoms with Crippen molar-refractivity contribution < 1.29 is 13.2 Å². The first kappa shape index (κ1) is 9.97. The quantitative estimate of drug-likeness (QED) is 0.788. The van der Waals surface area contributed by atoms with Gasteiger partial charge in [0.15, 0.2) is 0 Å². The molecule has 3 nitrogen and oxygen atoms in total. The van der Waals surface area contributed by atoms with Gasteiger partial charge in [0.05, 0.1) is 11.7 Å². The normalized spacial score (nSPS) is 12.3. The second-order valence-corrected chi connectivity index (χ2v) is 3.11. The molecule has 0 spiro atoms. The van der Waals surface area contributed by atoms with Gasteiger partial charge in [0.2, 0.25) is 5.82 Å². The Bertz CT molecular complexity index is 487. The molecule has 0 amide bonds. The highest BCUT2D eigenvalue weighted by molar-refractivity contribution is 5.48. The molecule has 0 atom stereocenters. The van der Waals surface area contributed by atoms with E-state index >= 15 is 0 Å². The Hall–Kier alpha value is -1.56. The van der Waals surface area contributed by atoms with E-state index in [1.54, 1.807) is 12.1 Å². The summed E-state index contributed by atoms with van der Waals surface area (Å²) in [7, 11) is 0. The van der Waals surface area contributed by atoms with Crippen LogP contribution >= 0.6 is 0 Å². The van der Waals surface area contributed by atoms with E-state index in [0.717, 1.165) is 9.96 Å². The van der Waals surface area contributed by atoms with Gasteiger partial charge in [-0.15, -0.1) is 0 Å². The summed E-state index contributed by atoms with van der Waals surface area (Å²) in [5, 5.41) is 0. The van der Waals surface area contributed by atoms with Crippen LogP contribution in [0.2, 0.25) is 0 Å². The van der Waals surface area contributed by atoms with Gasteiger partial charge < -0.3 is 5.73 Å². The lowest BCUT2D eigenvalue weighted by Crippen LogP contribution is -2.10. The first-order valence-corrected chi connectivity index (χ1v) is 4.25. The summed E-state index contributed by atoms with van der Waals surface area (Å²) in [5.74, 6) is -0.916. The van der Waals surface area contributed by atoms with Crippen molar-refractivity contribution in [3.8, 4) is 0 Å². The molecule has 2 N–H and O–H groups in total. The highest BCUT2D eigenvalue weighted by Crippen LogP contribution is 2.28. The predicted molar refractivity (Wildman–Crippen MR) is 48.1 cm³/mol. The van der Waals surface area contributed by atoms with Gasteiger partial charge in [-0.1, -0.05) is 0 Å². The average Bonchev–Trinajstić information content (AvgIpc) is 2.59. The minimum atomic E-state index is -4.43. The Balaban J connectivity index is 2.62. The third-order valence-corrected chi connectivity index (χ3v) is 2.09. The molecule has 15 heavy (non-hydrogen) atoms. The standard InChI is InChI=1S/C9H8F3N3/c10-9(11,12)8-14-5-7-3-6(4-13)1-2-15(7)8/h1-3,5H,4,13H2. The maximum atomic E-state index is 12.4. The van der Waals surface area contributed by atoms with Gasteiger partial charge in [-0.25, -0.2) is 4.98 Å². The molecular weight excluding hydrogens is 207 g/mol. The molecule has 0 unspecified atom stereocenters. The number of fused-ring (bicyclic) bond motifs is 1. The van der Waals surface area contributed by atoms with E-state index in [2.05, 4.69) is 4.98 Å². The molecule has 2 heterocycles. The number of aromatic nitrogens is 2. The zero-order valence-corrected chi connectivity index (χ0v) is 7.62. The van der Waals surface area contributed by atoms with Gasteiger partial charge in [-0.2, -0.15) is 13.2 Å². The molecule has 0 fully saturated rings. The van der Waals surface area contributed by atoms with Crippen LogP contribution in [0.4, 0.5) is 13.2 Å². The van der Waals surface area contributed by atoms with Gasteiger partial charge in [0.25, 0.3) is 0 Å². The fourth-order valence-corrected chi connectivity index (χ4v) is 1.38. The number of nitrogens with zero attached hydrogens (tertiary/aromatic N) is 2. The lowest BCUT2D eigenvalue weighted by Gasteiger charge is -2.05. The summed E-state index contributed by atoms with van der Waals surface area (Å²) < 4.78 is 38.3. The van der Waals surface area contributed by atoms with E-state index in [9.17, 15) is 13.2 Å². The molecule has 80 valence electrons. The Labute approximate surface area is 83.3 Å². The maximum absolute atomic E-state index is 12.4. The van der Waals surface area contributed by atoms with E-state index in [4.69, 9.17) is 5.73 Å². The fourth-order valence-electron chi connectivity index (χ4n) is 1.38. The molecule has 0 aliphatic rings. The largest absolute Gasteiger partial charge is 0.450 e. The van der Waals surface area contributed by atoms with Crippen LogP contribution in [0.1, 0.15) is 11.4 Å². The number of imidazole rings is 1. The molecule has 0 aliphatic heterocycles. The molecule has 2 aromatic rings. The van der Waals surface area contributed by atoms with E-state index in [-0.39, 0.29) is 0 Å². The second kappa shape index (κ2) is 3.23. The predicted octanol–water partition coefficient (Wildman–Crippen LogP) is 1.81. The average molecular weight is 215 g/mol. The molecule has 0 radical (unpaired) electrons. The molecular formula is C9H8F3N3. The summed E-state index contributed by atoms with van der Waals surface area (Å²) in [5.41, 5.74) is 6.55. The first-order valence-electron chi connectivity index (χ1n) is 4.25. The SMILES string of the molecule is NCc1ccn2c(C(F)(F)F)ncc2c1. The van der Waals surface area contributed by atoms with Crippen molar-refractivity contribution in [3.05, 3.63) is 35.9 Å². The third kappa shape index (κ3) is 1.68. The summed E-state index contributed by atoms with van der Waals surface area (Å²) in [4.78, 5) is 3.34. The number of alkyl halides is 3. The van der Waals surface area contributed by atoms with Gasteiger partial charge in [-0.05, 0) is 17.7 Å². The maximum Gasteiger partial charge on any atom is 0.450 e. The third-order valence-electron chi connectivity index (χ3n) is 2.09. The highest BCUT2D eigenvalue weighted by atomic mass is 19.4. The molecule has 2 aromatic heterocycles. The minimum Gasteiger partial charge on any atom is -0.326 e. The van der Waals surface area contributed by atoms with Crippen LogP contribution in [0, 0.1) is 0 Å². The Morgan fingerprint density at radius 2 is 2.13 bits per heavy atom. The monoisotopic (exact) mass is 215 g/mol. The number of pyridine rings is 1. The summed E-state index contributed by atoms with van der Waals surface area (Å²) in [6, 6.07) is 3.13. The van der Waals surface area contributed by atoms with Crippen molar-refractivity contribution in [3.63, 3.8) is 0 Å². The van der Waals surface area contributed by atoms with Gasteiger partial charge in [0.1, 0.15) is 0 Å². The first-order chi connectivity index (χ1) is 7.02. The number of hydrogen-bond acceptors (Lipinski definition) is 2. The van der Waals surface area contributed by atoms with E-state index in [1.165, 1.54) is 12.4 Å². The van der Waals surface area contributed by atoms with Crippen LogP contribution < -0.4 is 5.73 Å². The molecule has 0 aliphatic carbocycles. The Morgan fingerprint density at radius 3 is 2.73 bits per heavy atom. The minimum absolute atomic E-state index is 0.295. The molecule has 6 heteroatoms. The fraction of sp³-hybridized carbons (Fsp3) is 0.222. The highest BCUT2D eigenvalue weighted by Gasteiger charge is 2.35. The molecule has 0 aromatic carbocycles. The van der Waals surface area contributed by atoms with Crippen molar-refractivity contribution in [2.75, 3.05) is 0 Å². The van der Waals surface area contributed by atoms with Crippen molar-refractivity contribution in [1.29, 1.82) is 0 Å². The lowest BCUT2D eigenvalue weighted by molar-refractivity contribution is -0.145.